The van der Waals surface area contributed by atoms with E-state index >= 15 is 0 Å². The molecule has 158 valence electrons. The van der Waals surface area contributed by atoms with E-state index in [0.29, 0.717) is 17.8 Å². The molecule has 3 N–H and O–H groups in total. The molecule has 0 aliphatic carbocycles. The minimum absolute atomic E-state index is 0.0211. The number of ketones is 1. The molecule has 0 aromatic heterocycles. The van der Waals surface area contributed by atoms with Gasteiger partial charge in [0.1, 0.15) is 17.3 Å². The van der Waals surface area contributed by atoms with Gasteiger partial charge in [-0.25, -0.2) is 3.21 Å². The van der Waals surface area contributed by atoms with Crippen LogP contribution in [-0.4, -0.2) is 49.0 Å². The first kappa shape index (κ1) is 24.0. The van der Waals surface area contributed by atoms with Crippen LogP contribution in [0.25, 0.3) is 0 Å². The number of hydrogen-bond donors (Lipinski definition) is 3. The highest BCUT2D eigenvalue weighted by Gasteiger charge is 2.27. The highest BCUT2D eigenvalue weighted by atomic mass is 127. The predicted octanol–water partition coefficient (Wildman–Crippen LogP) is 2.85. The largest absolute Gasteiger partial charge is 0.369 e. The van der Waals surface area contributed by atoms with Crippen molar-refractivity contribution in [2.45, 2.75) is 12.5 Å². The molecule has 0 saturated carbocycles. The molecule has 0 saturated heterocycles. The molecule has 0 aliphatic rings. The van der Waals surface area contributed by atoms with E-state index in [-0.39, 0.29) is 17.5 Å². The first-order valence-electron chi connectivity index (χ1n) is 9.41. The summed E-state index contributed by atoms with van der Waals surface area (Å²) in [6.45, 7) is 0. The third-order valence-corrected chi connectivity index (χ3v) is 4.86. The number of aliphatic imine (C=N–C) groups is 2. The molecule has 8 heteroatoms. The van der Waals surface area contributed by atoms with Gasteiger partial charge in [-0.2, -0.15) is 4.99 Å². The fourth-order valence-electron chi connectivity index (χ4n) is 2.92. The summed E-state index contributed by atoms with van der Waals surface area (Å²) in [7, 11) is 3.16. The average Bonchev–Trinajstić information content (AvgIpc) is 2.81. The van der Waals surface area contributed by atoms with Gasteiger partial charge in [-0.05, 0) is 5.56 Å². The molecule has 0 aliphatic heterocycles. The Morgan fingerprint density at radius 3 is 2.29 bits per heavy atom. The molecule has 2 aromatic rings. The van der Waals surface area contributed by atoms with Crippen LogP contribution in [0, 0.1) is 17.9 Å². The van der Waals surface area contributed by atoms with Crippen LogP contribution in [0.15, 0.2) is 73.9 Å². The SMILES string of the molecule is C#C/N=C(\NC)C(=O)C(Cc1ccccc1)NC(=N)C(=N/C)/C(=N\I)c1ccccc1. The van der Waals surface area contributed by atoms with Crippen molar-refractivity contribution in [2.75, 3.05) is 14.1 Å². The van der Waals surface area contributed by atoms with Gasteiger partial charge >= 0.3 is 0 Å². The minimum atomic E-state index is -0.780. The third kappa shape index (κ3) is 6.58. The van der Waals surface area contributed by atoms with Gasteiger partial charge in [0.2, 0.25) is 5.78 Å². The molecule has 1 unspecified atom stereocenters. The lowest BCUT2D eigenvalue weighted by molar-refractivity contribution is -0.114. The Morgan fingerprint density at radius 2 is 1.77 bits per heavy atom. The summed E-state index contributed by atoms with van der Waals surface area (Å²) in [4.78, 5) is 21.2. The van der Waals surface area contributed by atoms with Gasteiger partial charge in [0.25, 0.3) is 0 Å². The number of Topliss-reactive ketones (excluding diaryl/α,β-unsaturated/α-hetero) is 1. The van der Waals surface area contributed by atoms with Crippen molar-refractivity contribution in [1.29, 1.82) is 5.41 Å². The summed E-state index contributed by atoms with van der Waals surface area (Å²) < 4.78 is 4.29. The number of hydrogen-bond acceptors (Lipinski definition) is 5. The lowest BCUT2D eigenvalue weighted by Crippen LogP contribution is -2.50. The fourth-order valence-corrected chi connectivity index (χ4v) is 3.43. The number of likely N-dealkylation sites (N-methyl/N-ethyl adjacent to an activating group) is 1. The quantitative estimate of drug-likeness (QED) is 0.214. The highest BCUT2D eigenvalue weighted by Crippen LogP contribution is 2.09. The van der Waals surface area contributed by atoms with Crippen molar-refractivity contribution in [3.05, 3.63) is 71.8 Å². The van der Waals surface area contributed by atoms with Crippen LogP contribution in [-0.2, 0) is 11.2 Å². The van der Waals surface area contributed by atoms with Gasteiger partial charge in [-0.15, -0.1) is 0 Å². The first-order chi connectivity index (χ1) is 15.0. The Labute approximate surface area is 196 Å². The topological polar surface area (TPSA) is 102 Å². The van der Waals surface area contributed by atoms with Gasteiger partial charge in [-0.1, -0.05) is 67.1 Å². The Hall–Kier alpha value is -3.32. The third-order valence-electron chi connectivity index (χ3n) is 4.38. The van der Waals surface area contributed by atoms with E-state index in [4.69, 9.17) is 11.8 Å². The molecular weight excluding hydrogens is 503 g/mol. The van der Waals surface area contributed by atoms with E-state index < -0.39 is 6.04 Å². The summed E-state index contributed by atoms with van der Waals surface area (Å²) in [6.07, 6.45) is 5.60. The van der Waals surface area contributed by atoms with Gasteiger partial charge in [0.05, 0.1) is 28.9 Å². The number of terminal acetylenes is 1. The van der Waals surface area contributed by atoms with Crippen molar-refractivity contribution in [1.82, 2.24) is 10.6 Å². The standard InChI is InChI=1S/C23H23IN6O/c1-4-28-23(27-3)21(31)18(15-16-11-7-5-8-12-16)29-22(25)20(26-2)19(30-24)17-13-9-6-10-14-17/h1,5-14,18H,15H2,2-3H3,(H2,25,29)(H,27,28)/b26-20+,30-19-. The van der Waals surface area contributed by atoms with E-state index in [1.165, 1.54) is 0 Å². The predicted molar refractivity (Wildman–Crippen MR) is 135 cm³/mol. The zero-order chi connectivity index (χ0) is 22.6. The second-order valence-electron chi connectivity index (χ2n) is 6.34. The van der Waals surface area contributed by atoms with Gasteiger partial charge < -0.3 is 10.6 Å². The van der Waals surface area contributed by atoms with Crippen LogP contribution >= 0.6 is 22.9 Å². The Balaban J connectivity index is 2.35. The van der Waals surface area contributed by atoms with Crippen molar-refractivity contribution in [3.63, 3.8) is 0 Å². The number of nitrogens with one attached hydrogen (secondary N) is 3. The first-order valence-corrected chi connectivity index (χ1v) is 10.4. The van der Waals surface area contributed by atoms with Crippen molar-refractivity contribution >= 4 is 51.7 Å². The molecule has 2 rings (SSSR count). The number of benzene rings is 2. The number of nitrogens with zero attached hydrogens (tertiary/aromatic N) is 3. The summed E-state index contributed by atoms with van der Waals surface area (Å²) in [5, 5.41) is 14.4. The zero-order valence-electron chi connectivity index (χ0n) is 17.3. The highest BCUT2D eigenvalue weighted by molar-refractivity contribution is 14.1. The minimum Gasteiger partial charge on any atom is -0.369 e. The van der Waals surface area contributed by atoms with Crippen LogP contribution in [0.2, 0.25) is 0 Å². The van der Waals surface area contributed by atoms with Crippen molar-refractivity contribution in [3.8, 4) is 12.5 Å². The Morgan fingerprint density at radius 1 is 1.16 bits per heavy atom. The van der Waals surface area contributed by atoms with E-state index in [1.807, 2.05) is 83.5 Å². The molecular formula is C23H23IN6O. The molecule has 0 spiro atoms. The van der Waals surface area contributed by atoms with E-state index in [9.17, 15) is 4.79 Å². The Bertz CT molecular complexity index is 1040. The number of halogens is 1. The van der Waals surface area contributed by atoms with Gasteiger partial charge in [-0.3, -0.25) is 15.2 Å². The molecule has 0 radical (unpaired) electrons. The normalized spacial score (nSPS) is 13.2. The molecule has 0 amide bonds. The second-order valence-corrected chi connectivity index (χ2v) is 6.82. The number of carbonyl (C=O) groups is 1. The molecule has 31 heavy (non-hydrogen) atoms. The molecule has 1 atom stereocenters. The molecule has 7 nitrogen and oxygen atoms in total. The maximum atomic E-state index is 13.1. The van der Waals surface area contributed by atoms with Crippen LogP contribution < -0.4 is 10.6 Å². The molecule has 2 aromatic carbocycles. The van der Waals surface area contributed by atoms with Crippen molar-refractivity contribution < 1.29 is 4.79 Å². The summed E-state index contributed by atoms with van der Waals surface area (Å²) in [6, 6.07) is 20.3. The summed E-state index contributed by atoms with van der Waals surface area (Å²) >= 11 is 1.88. The van der Waals surface area contributed by atoms with E-state index in [1.54, 1.807) is 14.1 Å². The van der Waals surface area contributed by atoms with E-state index in [0.717, 1.165) is 11.1 Å². The summed E-state index contributed by atoms with van der Waals surface area (Å²) in [5.41, 5.74) is 2.63. The maximum absolute atomic E-state index is 13.1. The average molecular weight is 526 g/mol. The van der Waals surface area contributed by atoms with Crippen molar-refractivity contribution in [2.24, 2.45) is 13.2 Å². The maximum Gasteiger partial charge on any atom is 0.220 e. The lowest BCUT2D eigenvalue weighted by Gasteiger charge is -2.21. The smallest absolute Gasteiger partial charge is 0.220 e. The van der Waals surface area contributed by atoms with Crippen LogP contribution in [0.5, 0.6) is 0 Å². The van der Waals surface area contributed by atoms with E-state index in [2.05, 4.69) is 29.9 Å². The number of amidine groups is 2. The molecule has 0 fully saturated rings. The van der Waals surface area contributed by atoms with Crippen LogP contribution in [0.1, 0.15) is 11.1 Å². The molecule has 0 bridgehead atoms. The van der Waals surface area contributed by atoms with Gasteiger partial charge in [0, 0.05) is 32.1 Å². The zero-order valence-corrected chi connectivity index (χ0v) is 19.4. The lowest BCUT2D eigenvalue weighted by atomic mass is 10.00. The second kappa shape index (κ2) is 12.4. The fraction of sp³-hybridized carbons (Fsp3) is 0.174. The monoisotopic (exact) mass is 526 g/mol. The van der Waals surface area contributed by atoms with Gasteiger partial charge in [0.15, 0.2) is 5.84 Å². The Kier molecular flexibility index (Phi) is 9.58. The van der Waals surface area contributed by atoms with Crippen LogP contribution in [0.4, 0.5) is 0 Å². The number of carbonyl (C=O) groups excluding carboxylic acids is 1. The van der Waals surface area contributed by atoms with Crippen LogP contribution in [0.3, 0.4) is 0 Å². The number of rotatable bonds is 8. The molecule has 0 heterocycles. The summed E-state index contributed by atoms with van der Waals surface area (Å²) in [5.74, 6) is -0.325.